The van der Waals surface area contributed by atoms with Crippen LogP contribution in [0.1, 0.15) is 11.1 Å². The van der Waals surface area contributed by atoms with Crippen LogP contribution in [-0.2, 0) is 19.4 Å². The number of aryl methyl sites for hydroxylation is 3. The molecule has 0 fully saturated rings. The van der Waals surface area contributed by atoms with Crippen LogP contribution >= 0.6 is 5.51 Å². The zero-order chi connectivity index (χ0) is 17.4. The summed E-state index contributed by atoms with van der Waals surface area (Å²) in [5.74, 6) is 0. The first-order chi connectivity index (χ1) is 12.2. The van der Waals surface area contributed by atoms with Crippen LogP contribution < -0.4 is 0 Å². The van der Waals surface area contributed by atoms with Gasteiger partial charge in [0, 0.05) is 0 Å². The van der Waals surface area contributed by atoms with Crippen LogP contribution in [0.25, 0.3) is 0 Å². The van der Waals surface area contributed by atoms with E-state index in [0.29, 0.717) is 0 Å². The van der Waals surface area contributed by atoms with Gasteiger partial charge in [-0.25, -0.2) is 0 Å². The summed E-state index contributed by atoms with van der Waals surface area (Å²) in [6.07, 6.45) is 12.0. The van der Waals surface area contributed by atoms with Gasteiger partial charge in [-0.2, -0.15) is 0 Å². The van der Waals surface area contributed by atoms with E-state index in [1.807, 2.05) is 12.5 Å². The molecular formula is C21H25N2PSe. The molecule has 4 heteroatoms. The molecule has 1 aromatic heterocycles. The number of imidazole rings is 1. The molecule has 0 saturated carbocycles. The zero-order valence-electron chi connectivity index (χ0n) is 14.5. The van der Waals surface area contributed by atoms with Gasteiger partial charge < -0.3 is 0 Å². The first-order valence-corrected chi connectivity index (χ1v) is 13.4. The molecular weight excluding hydrogens is 390 g/mol. The van der Waals surface area contributed by atoms with Crippen molar-refractivity contribution in [2.24, 2.45) is 0 Å². The number of benzene rings is 2. The molecule has 0 spiro atoms. The average Bonchev–Trinajstić information content (AvgIpc) is 3.19. The molecule has 3 rings (SSSR count). The minimum atomic E-state index is -1.11. The molecule has 1 heterocycles. The molecule has 0 aliphatic carbocycles. The summed E-state index contributed by atoms with van der Waals surface area (Å²) in [7, 11) is 0. The Kier molecular flexibility index (Phi) is 6.87. The van der Waals surface area contributed by atoms with Crippen molar-refractivity contribution in [3.05, 3.63) is 90.5 Å². The van der Waals surface area contributed by atoms with Gasteiger partial charge in [0.15, 0.2) is 0 Å². The molecule has 0 radical (unpaired) electrons. The van der Waals surface area contributed by atoms with Gasteiger partial charge in [0.25, 0.3) is 0 Å². The second kappa shape index (κ2) is 9.34. The van der Waals surface area contributed by atoms with E-state index in [9.17, 15) is 0 Å². The first-order valence-electron chi connectivity index (χ1n) is 8.84. The van der Waals surface area contributed by atoms with E-state index in [-0.39, 0.29) is 0 Å². The topological polar surface area (TPSA) is 17.8 Å². The monoisotopic (exact) mass is 416 g/mol. The third-order valence-electron chi connectivity index (χ3n) is 4.63. The van der Waals surface area contributed by atoms with E-state index in [4.69, 9.17) is 0 Å². The summed E-state index contributed by atoms with van der Waals surface area (Å²) < 4.78 is 2.21. The van der Waals surface area contributed by atoms with E-state index >= 15 is 0 Å². The van der Waals surface area contributed by atoms with Crippen molar-refractivity contribution in [3.63, 3.8) is 0 Å². The maximum absolute atomic E-state index is 4.18. The summed E-state index contributed by atoms with van der Waals surface area (Å²) in [6, 6.07) is 21.8. The Morgan fingerprint density at radius 3 is 1.84 bits per heavy atom. The summed E-state index contributed by atoms with van der Waals surface area (Å²) in [6.45, 7) is 1.06. The van der Waals surface area contributed by atoms with Crippen LogP contribution in [0, 0.1) is 0 Å². The fraction of sp³-hybridized carbons (Fsp3) is 0.286. The van der Waals surface area contributed by atoms with Gasteiger partial charge >= 0.3 is 159 Å². The Balaban J connectivity index is 1.64. The van der Waals surface area contributed by atoms with E-state index in [1.54, 1.807) is 0 Å². The van der Waals surface area contributed by atoms with Crippen molar-refractivity contribution in [3.8, 4) is 0 Å². The normalized spacial score (nSPS) is 11.5. The van der Waals surface area contributed by atoms with Crippen LogP contribution in [0.15, 0.2) is 79.4 Å². The van der Waals surface area contributed by atoms with Crippen LogP contribution in [0.4, 0.5) is 0 Å². The van der Waals surface area contributed by atoms with Gasteiger partial charge in [-0.1, -0.05) is 0 Å². The SMILES string of the molecule is [Se]=P(CCc1ccccc1)(CCc1ccccc1)CCn1ccnc1. The molecule has 0 amide bonds. The van der Waals surface area contributed by atoms with Gasteiger partial charge in [0.05, 0.1) is 0 Å². The van der Waals surface area contributed by atoms with Crippen LogP contribution in [0.3, 0.4) is 0 Å². The van der Waals surface area contributed by atoms with E-state index in [1.165, 1.54) is 42.5 Å². The molecule has 3 aromatic rings. The molecule has 2 nitrogen and oxygen atoms in total. The predicted octanol–water partition coefficient (Wildman–Crippen LogP) is 4.47. The van der Waals surface area contributed by atoms with Crippen molar-refractivity contribution < 1.29 is 0 Å². The van der Waals surface area contributed by atoms with Gasteiger partial charge in [-0.05, 0) is 0 Å². The van der Waals surface area contributed by atoms with Crippen molar-refractivity contribution in [2.75, 3.05) is 18.5 Å². The molecule has 25 heavy (non-hydrogen) atoms. The minimum absolute atomic E-state index is 1.06. The quantitative estimate of drug-likeness (QED) is 0.373. The van der Waals surface area contributed by atoms with E-state index in [0.717, 1.165) is 6.54 Å². The number of hydrogen-bond acceptors (Lipinski definition) is 1. The van der Waals surface area contributed by atoms with Crippen molar-refractivity contribution >= 4 is 20.6 Å². The number of rotatable bonds is 9. The van der Waals surface area contributed by atoms with Crippen LogP contribution in [-0.4, -0.2) is 43.1 Å². The molecule has 2 aromatic carbocycles. The van der Waals surface area contributed by atoms with E-state index < -0.39 is 5.51 Å². The van der Waals surface area contributed by atoms with Gasteiger partial charge in [0.1, 0.15) is 0 Å². The average molecular weight is 415 g/mol. The molecule has 0 aliphatic rings. The van der Waals surface area contributed by atoms with Crippen molar-refractivity contribution in [2.45, 2.75) is 19.4 Å². The fourth-order valence-electron chi connectivity index (χ4n) is 3.01. The Hall–Kier alpha value is -1.40. The third kappa shape index (κ3) is 6.12. The van der Waals surface area contributed by atoms with Crippen LogP contribution in [0.2, 0.25) is 0 Å². The molecule has 0 unspecified atom stereocenters. The summed E-state index contributed by atoms with van der Waals surface area (Å²) in [5, 5.41) is 0. The van der Waals surface area contributed by atoms with Crippen LogP contribution in [0.5, 0.6) is 0 Å². The number of aromatic nitrogens is 2. The molecule has 0 bridgehead atoms. The third-order valence-corrected chi connectivity index (χ3v) is 11.2. The Morgan fingerprint density at radius 1 is 0.800 bits per heavy atom. The Morgan fingerprint density at radius 2 is 1.36 bits per heavy atom. The van der Waals surface area contributed by atoms with Gasteiger partial charge in [0.2, 0.25) is 0 Å². The van der Waals surface area contributed by atoms with Gasteiger partial charge in [-0.15, -0.1) is 0 Å². The molecule has 0 saturated heterocycles. The molecule has 0 aliphatic heterocycles. The predicted molar refractivity (Wildman–Crippen MR) is 110 cm³/mol. The van der Waals surface area contributed by atoms with Gasteiger partial charge in [-0.3, -0.25) is 0 Å². The summed E-state index contributed by atoms with van der Waals surface area (Å²) >= 11 is 3.67. The summed E-state index contributed by atoms with van der Waals surface area (Å²) in [4.78, 5) is 4.18. The molecule has 130 valence electrons. The Bertz CT molecular complexity index is 738. The number of hydrogen-bond donors (Lipinski definition) is 0. The molecule has 0 N–H and O–H groups in total. The summed E-state index contributed by atoms with van der Waals surface area (Å²) in [5.41, 5.74) is 1.78. The van der Waals surface area contributed by atoms with Crippen molar-refractivity contribution in [1.82, 2.24) is 9.55 Å². The Labute approximate surface area is 158 Å². The maximum atomic E-state index is 4.18. The standard InChI is InChI=1S/C21H25N2PSe/c25-24(18-15-23-14-13-22-19-23,16-11-20-7-3-1-4-8-20)17-12-21-9-5-2-6-10-21/h1-10,13-14,19H,11-12,15-18H2. The van der Waals surface area contributed by atoms with E-state index in [2.05, 4.69) is 91.5 Å². The first kappa shape index (κ1) is 18.4. The fourth-order valence-corrected chi connectivity index (χ4v) is 7.27. The second-order valence-electron chi connectivity index (χ2n) is 6.50. The molecule has 0 atom stereocenters. The second-order valence-corrected chi connectivity index (χ2v) is 14.8. The number of nitrogens with zero attached hydrogens (tertiary/aromatic N) is 2. The van der Waals surface area contributed by atoms with Crippen molar-refractivity contribution in [1.29, 1.82) is 0 Å². The zero-order valence-corrected chi connectivity index (χ0v) is 17.1.